The number of nitrogens with one attached hydrogen (secondary N) is 2. The van der Waals surface area contributed by atoms with Crippen molar-refractivity contribution in [1.29, 1.82) is 0 Å². The normalized spacial score (nSPS) is 11.7. The number of ketones is 1. The third kappa shape index (κ3) is 1.75. The van der Waals surface area contributed by atoms with Crippen LogP contribution < -0.4 is 0 Å². The minimum atomic E-state index is -0.0653. The van der Waals surface area contributed by atoms with Crippen molar-refractivity contribution in [2.24, 2.45) is 0 Å². The van der Waals surface area contributed by atoms with E-state index in [1.807, 2.05) is 60.0 Å². The lowest BCUT2D eigenvalue weighted by Gasteiger charge is -1.93. The lowest BCUT2D eigenvalue weighted by Crippen LogP contribution is -2.01. The molecule has 5 aromatic rings. The largest absolute Gasteiger partial charge is 0.352 e. The number of carbonyl (C=O) groups excluding carboxylic acids is 1. The Hall–Kier alpha value is -3.34. The van der Waals surface area contributed by atoms with Gasteiger partial charge >= 0.3 is 0 Å². The van der Waals surface area contributed by atoms with Crippen molar-refractivity contribution in [3.8, 4) is 0 Å². The fourth-order valence-corrected chi connectivity index (χ4v) is 3.20. The van der Waals surface area contributed by atoms with E-state index in [1.54, 1.807) is 6.20 Å². The number of carbonyl (C=O) groups is 1. The van der Waals surface area contributed by atoms with Gasteiger partial charge in [-0.3, -0.25) is 9.89 Å². The maximum absolute atomic E-state index is 12.9. The lowest BCUT2D eigenvalue weighted by atomic mass is 10.1. The molecule has 0 aliphatic heterocycles. The van der Waals surface area contributed by atoms with Crippen molar-refractivity contribution in [3.63, 3.8) is 0 Å². The van der Waals surface area contributed by atoms with Gasteiger partial charge in [0.1, 0.15) is 0 Å². The number of rotatable bonds is 2. The Morgan fingerprint density at radius 2 is 2.00 bits per heavy atom. The first kappa shape index (κ1) is 13.1. The Morgan fingerprint density at radius 1 is 1.12 bits per heavy atom. The number of aromatic nitrogens is 4. The molecule has 116 valence electrons. The van der Waals surface area contributed by atoms with Crippen LogP contribution in [0.3, 0.4) is 0 Å². The fraction of sp³-hybridized carbons (Fsp3) is 0.0526. The smallest absolute Gasteiger partial charge is 0.214 e. The summed E-state index contributed by atoms with van der Waals surface area (Å²) in [6, 6.07) is 15.8. The topological polar surface area (TPSA) is 66.0 Å². The molecular formula is C19H14N4O. The molecule has 0 bridgehead atoms. The zero-order valence-corrected chi connectivity index (χ0v) is 13.0. The first-order valence-corrected chi connectivity index (χ1v) is 7.79. The minimum absolute atomic E-state index is 0.0653. The molecule has 2 N–H and O–H groups in total. The van der Waals surface area contributed by atoms with E-state index in [1.165, 1.54) is 0 Å². The zero-order chi connectivity index (χ0) is 16.3. The first-order chi connectivity index (χ1) is 11.7. The highest BCUT2D eigenvalue weighted by Gasteiger charge is 2.19. The highest BCUT2D eigenvalue weighted by molar-refractivity contribution is 6.13. The van der Waals surface area contributed by atoms with E-state index in [0.717, 1.165) is 27.5 Å². The van der Waals surface area contributed by atoms with Gasteiger partial charge in [0.15, 0.2) is 5.65 Å². The lowest BCUT2D eigenvalue weighted by molar-refractivity contribution is 0.103. The van der Waals surface area contributed by atoms with Crippen LogP contribution in [0, 0.1) is 6.92 Å². The van der Waals surface area contributed by atoms with Crippen LogP contribution in [0.5, 0.6) is 0 Å². The van der Waals surface area contributed by atoms with E-state index in [-0.39, 0.29) is 5.78 Å². The minimum Gasteiger partial charge on any atom is -0.352 e. The molecule has 3 heterocycles. The summed E-state index contributed by atoms with van der Waals surface area (Å²) < 4.78 is 1.85. The van der Waals surface area contributed by atoms with Crippen molar-refractivity contribution < 1.29 is 4.79 Å². The maximum atomic E-state index is 12.9. The van der Waals surface area contributed by atoms with E-state index >= 15 is 0 Å². The molecule has 0 spiro atoms. The summed E-state index contributed by atoms with van der Waals surface area (Å²) in [6.07, 6.45) is 1.72. The number of H-pyrrole nitrogens is 2. The van der Waals surface area contributed by atoms with Crippen molar-refractivity contribution >= 4 is 33.4 Å². The van der Waals surface area contributed by atoms with Crippen molar-refractivity contribution in [1.82, 2.24) is 19.6 Å². The monoisotopic (exact) mass is 314 g/mol. The van der Waals surface area contributed by atoms with Gasteiger partial charge in [-0.25, -0.2) is 9.50 Å². The van der Waals surface area contributed by atoms with Crippen molar-refractivity contribution in [2.75, 3.05) is 0 Å². The number of fused-ring (bicyclic) bond motifs is 4. The van der Waals surface area contributed by atoms with Gasteiger partial charge in [0.05, 0.1) is 22.3 Å². The second-order valence-electron chi connectivity index (χ2n) is 6.05. The average molecular weight is 314 g/mol. The Labute approximate surface area is 136 Å². The summed E-state index contributed by atoms with van der Waals surface area (Å²) in [7, 11) is 0. The summed E-state index contributed by atoms with van der Waals surface area (Å²) in [5, 5.41) is 4.16. The number of hydrogen-bond acceptors (Lipinski definition) is 2. The zero-order valence-electron chi connectivity index (χ0n) is 13.0. The molecule has 2 aromatic carbocycles. The molecule has 5 heteroatoms. The third-order valence-corrected chi connectivity index (χ3v) is 4.41. The molecule has 3 aromatic heterocycles. The summed E-state index contributed by atoms with van der Waals surface area (Å²) in [6.45, 7) is 2.03. The first-order valence-electron chi connectivity index (χ1n) is 7.79. The summed E-state index contributed by atoms with van der Waals surface area (Å²) >= 11 is 0. The molecule has 0 atom stereocenters. The van der Waals surface area contributed by atoms with Gasteiger partial charge in [0.25, 0.3) is 0 Å². The Balaban J connectivity index is 1.70. The number of para-hydroxylation sites is 1. The number of hydrogen-bond donors (Lipinski definition) is 2. The number of imidazole rings is 1. The van der Waals surface area contributed by atoms with Gasteiger partial charge in [0.2, 0.25) is 5.78 Å². The Kier molecular flexibility index (Phi) is 2.51. The summed E-state index contributed by atoms with van der Waals surface area (Å²) in [5.41, 5.74) is 5.73. The van der Waals surface area contributed by atoms with Crippen LogP contribution in [0.1, 0.15) is 21.6 Å². The predicted molar refractivity (Wildman–Crippen MR) is 93.5 cm³/mol. The summed E-state index contributed by atoms with van der Waals surface area (Å²) in [4.78, 5) is 20.8. The fourth-order valence-electron chi connectivity index (χ4n) is 3.20. The predicted octanol–water partition coefficient (Wildman–Crippen LogP) is 3.84. The SMILES string of the molecule is Cc1ccc2c(c1)nc1c(C(=O)c3cc4ccccc4[nH]3)c[nH]n12. The average Bonchev–Trinajstić information content (AvgIpc) is 3.26. The molecule has 24 heavy (non-hydrogen) atoms. The van der Waals surface area contributed by atoms with Gasteiger partial charge < -0.3 is 4.98 Å². The number of aryl methyl sites for hydroxylation is 1. The van der Waals surface area contributed by atoms with Gasteiger partial charge in [-0.15, -0.1) is 0 Å². The Bertz CT molecular complexity index is 1210. The maximum Gasteiger partial charge on any atom is 0.214 e. The molecule has 0 saturated carbocycles. The second-order valence-corrected chi connectivity index (χ2v) is 6.05. The van der Waals surface area contributed by atoms with E-state index in [4.69, 9.17) is 0 Å². The highest BCUT2D eigenvalue weighted by Crippen LogP contribution is 2.23. The quantitative estimate of drug-likeness (QED) is 0.486. The molecule has 0 saturated heterocycles. The van der Waals surface area contributed by atoms with Gasteiger partial charge in [0, 0.05) is 17.1 Å². The van der Waals surface area contributed by atoms with E-state index in [0.29, 0.717) is 16.9 Å². The number of aromatic amines is 2. The molecule has 0 amide bonds. The molecule has 5 nitrogen and oxygen atoms in total. The standard InChI is InChI=1S/C19H14N4O/c1-11-6-7-17-15(8-11)22-19-13(10-20-23(17)19)18(24)16-9-12-4-2-3-5-14(12)21-16/h2-10,20-21H,1H3. The van der Waals surface area contributed by atoms with Crippen LogP contribution in [-0.4, -0.2) is 25.4 Å². The molecule has 0 aliphatic rings. The second kappa shape index (κ2) is 4.58. The molecule has 0 aliphatic carbocycles. The van der Waals surface area contributed by atoms with Crippen LogP contribution in [0.2, 0.25) is 0 Å². The van der Waals surface area contributed by atoms with Gasteiger partial charge in [-0.2, -0.15) is 0 Å². The van der Waals surface area contributed by atoms with E-state index in [9.17, 15) is 4.79 Å². The summed E-state index contributed by atoms with van der Waals surface area (Å²) in [5.74, 6) is -0.0653. The van der Waals surface area contributed by atoms with Crippen LogP contribution in [0.15, 0.2) is 54.7 Å². The molecule has 0 unspecified atom stereocenters. The van der Waals surface area contributed by atoms with E-state index in [2.05, 4.69) is 15.1 Å². The van der Waals surface area contributed by atoms with Crippen LogP contribution in [0.25, 0.3) is 27.6 Å². The van der Waals surface area contributed by atoms with Crippen molar-refractivity contribution in [3.05, 3.63) is 71.5 Å². The number of nitrogens with zero attached hydrogens (tertiary/aromatic N) is 2. The van der Waals surface area contributed by atoms with Crippen LogP contribution in [0.4, 0.5) is 0 Å². The van der Waals surface area contributed by atoms with Gasteiger partial charge in [-0.05, 0) is 36.8 Å². The molecular weight excluding hydrogens is 300 g/mol. The van der Waals surface area contributed by atoms with E-state index < -0.39 is 0 Å². The Morgan fingerprint density at radius 3 is 2.88 bits per heavy atom. The molecule has 0 radical (unpaired) electrons. The molecule has 0 fully saturated rings. The number of benzene rings is 2. The van der Waals surface area contributed by atoms with Crippen molar-refractivity contribution in [2.45, 2.75) is 6.92 Å². The van der Waals surface area contributed by atoms with Gasteiger partial charge in [-0.1, -0.05) is 24.3 Å². The molecule has 5 rings (SSSR count). The van der Waals surface area contributed by atoms with Crippen LogP contribution in [-0.2, 0) is 0 Å². The van der Waals surface area contributed by atoms with Crippen LogP contribution >= 0.6 is 0 Å². The third-order valence-electron chi connectivity index (χ3n) is 4.41. The highest BCUT2D eigenvalue weighted by atomic mass is 16.1.